The minimum atomic E-state index is -0.816. The highest BCUT2D eigenvalue weighted by atomic mass is 16.6. The van der Waals surface area contributed by atoms with Crippen molar-refractivity contribution in [3.05, 3.63) is 82.4 Å². The molecule has 2 rings (SSSR count). The number of carbonyl (C=O) groups excluding carboxylic acids is 2. The van der Waals surface area contributed by atoms with Crippen molar-refractivity contribution < 1.29 is 14.5 Å². The van der Waals surface area contributed by atoms with E-state index in [4.69, 9.17) is 0 Å². The van der Waals surface area contributed by atoms with Gasteiger partial charge in [0.05, 0.1) is 5.92 Å². The zero-order chi connectivity index (χ0) is 18.9. The first-order valence-corrected chi connectivity index (χ1v) is 8.22. The number of amides is 1. The fourth-order valence-electron chi connectivity index (χ4n) is 2.47. The molecule has 1 amide bonds. The molecule has 0 radical (unpaired) electrons. The zero-order valence-corrected chi connectivity index (χ0v) is 14.4. The molecule has 6 nitrogen and oxygen atoms in total. The van der Waals surface area contributed by atoms with Gasteiger partial charge in [0.2, 0.25) is 12.3 Å². The summed E-state index contributed by atoms with van der Waals surface area (Å²) in [5.74, 6) is -2.95. The number of nitrogens with zero attached hydrogens (tertiary/aromatic N) is 1. The Hall–Kier alpha value is -3.28. The Balaban J connectivity index is 2.10. The van der Waals surface area contributed by atoms with E-state index in [0.717, 1.165) is 5.56 Å². The lowest BCUT2D eigenvalue weighted by atomic mass is 9.89. The second kappa shape index (κ2) is 9.27. The van der Waals surface area contributed by atoms with E-state index in [0.29, 0.717) is 5.69 Å². The van der Waals surface area contributed by atoms with Crippen LogP contribution >= 0.6 is 0 Å². The van der Waals surface area contributed by atoms with Crippen LogP contribution < -0.4 is 5.32 Å². The van der Waals surface area contributed by atoms with Gasteiger partial charge >= 0.3 is 0 Å². The molecule has 2 aromatic carbocycles. The molecule has 0 fully saturated rings. The fraction of sp³-hybridized carbons (Fsp3) is 0.200. The Bertz CT molecular complexity index is 788. The van der Waals surface area contributed by atoms with Gasteiger partial charge < -0.3 is 5.32 Å². The predicted molar refractivity (Wildman–Crippen MR) is 100 cm³/mol. The van der Waals surface area contributed by atoms with Gasteiger partial charge in [-0.3, -0.25) is 19.7 Å². The van der Waals surface area contributed by atoms with Gasteiger partial charge in [-0.2, -0.15) is 0 Å². The number of hydrogen-bond donors (Lipinski definition) is 1. The number of Topliss-reactive ketones (excluding diaryl/α,β-unsaturated/α-hetero) is 1. The Labute approximate surface area is 151 Å². The lowest BCUT2D eigenvalue weighted by Gasteiger charge is -2.16. The van der Waals surface area contributed by atoms with E-state index >= 15 is 0 Å². The van der Waals surface area contributed by atoms with Gasteiger partial charge in [-0.05, 0) is 17.7 Å². The van der Waals surface area contributed by atoms with Gasteiger partial charge in [0.15, 0.2) is 0 Å². The maximum Gasteiger partial charge on any atom is 0.292 e. The zero-order valence-electron chi connectivity index (χ0n) is 14.4. The van der Waals surface area contributed by atoms with E-state index in [1.807, 2.05) is 30.3 Å². The SMILES string of the molecule is C[C@@H](C(=O)C(=O)Nc1ccccc1)[C@@H](/C=C/c1ccccc1)C[N+](=O)[O-]. The van der Waals surface area contributed by atoms with Crippen LogP contribution in [0, 0.1) is 22.0 Å². The van der Waals surface area contributed by atoms with Crippen LogP contribution in [0.25, 0.3) is 6.08 Å². The van der Waals surface area contributed by atoms with E-state index in [1.54, 1.807) is 42.5 Å². The van der Waals surface area contributed by atoms with Crippen LogP contribution in [0.1, 0.15) is 12.5 Å². The third kappa shape index (κ3) is 5.66. The quantitative estimate of drug-likeness (QED) is 0.448. The molecule has 0 heterocycles. The van der Waals surface area contributed by atoms with E-state index < -0.39 is 35.0 Å². The van der Waals surface area contributed by atoms with Crippen LogP contribution in [0.2, 0.25) is 0 Å². The molecular weight excluding hydrogens is 332 g/mol. The summed E-state index contributed by atoms with van der Waals surface area (Å²) in [5.41, 5.74) is 1.37. The maximum absolute atomic E-state index is 12.4. The minimum Gasteiger partial charge on any atom is -0.319 e. The van der Waals surface area contributed by atoms with Gasteiger partial charge in [0.25, 0.3) is 5.91 Å². The van der Waals surface area contributed by atoms with Gasteiger partial charge in [0.1, 0.15) is 0 Å². The van der Waals surface area contributed by atoms with E-state index in [-0.39, 0.29) is 0 Å². The molecule has 0 unspecified atom stereocenters. The molecule has 0 saturated carbocycles. The van der Waals surface area contributed by atoms with Gasteiger partial charge in [-0.15, -0.1) is 0 Å². The van der Waals surface area contributed by atoms with Crippen molar-refractivity contribution in [2.45, 2.75) is 6.92 Å². The number of carbonyl (C=O) groups is 2. The van der Waals surface area contributed by atoms with Crippen LogP contribution in [0.5, 0.6) is 0 Å². The number of para-hydroxylation sites is 1. The van der Waals surface area contributed by atoms with Crippen molar-refractivity contribution in [1.29, 1.82) is 0 Å². The molecule has 0 aliphatic heterocycles. The summed E-state index contributed by atoms with van der Waals surface area (Å²) in [7, 11) is 0. The molecule has 0 aliphatic carbocycles. The minimum absolute atomic E-state index is 0.422. The number of benzene rings is 2. The van der Waals surface area contributed by atoms with E-state index in [1.165, 1.54) is 6.92 Å². The molecule has 0 bridgehead atoms. The highest BCUT2D eigenvalue weighted by Gasteiger charge is 2.30. The number of rotatable bonds is 8. The first-order chi connectivity index (χ1) is 12.5. The monoisotopic (exact) mass is 352 g/mol. The van der Waals surface area contributed by atoms with E-state index in [2.05, 4.69) is 5.32 Å². The van der Waals surface area contributed by atoms with Crippen molar-refractivity contribution in [3.8, 4) is 0 Å². The van der Waals surface area contributed by atoms with Crippen LogP contribution in [-0.2, 0) is 9.59 Å². The Kier molecular flexibility index (Phi) is 6.79. The average Bonchev–Trinajstić information content (AvgIpc) is 2.65. The summed E-state index contributed by atoms with van der Waals surface area (Å²) in [4.78, 5) is 35.1. The first-order valence-electron chi connectivity index (χ1n) is 8.22. The van der Waals surface area contributed by atoms with Gasteiger partial charge in [0, 0.05) is 16.5 Å². The summed E-state index contributed by atoms with van der Waals surface area (Å²) >= 11 is 0. The highest BCUT2D eigenvalue weighted by Crippen LogP contribution is 2.18. The van der Waals surface area contributed by atoms with Crippen molar-refractivity contribution in [3.63, 3.8) is 0 Å². The van der Waals surface area contributed by atoms with Crippen LogP contribution in [-0.4, -0.2) is 23.2 Å². The highest BCUT2D eigenvalue weighted by molar-refractivity contribution is 6.41. The Morgan fingerprint density at radius 2 is 1.65 bits per heavy atom. The molecule has 134 valence electrons. The number of ketones is 1. The molecular formula is C20H20N2O4. The van der Waals surface area contributed by atoms with Crippen molar-refractivity contribution in [2.24, 2.45) is 11.8 Å². The fourth-order valence-corrected chi connectivity index (χ4v) is 2.47. The molecule has 0 aliphatic rings. The van der Waals surface area contributed by atoms with E-state index in [9.17, 15) is 19.7 Å². The van der Waals surface area contributed by atoms with Crippen LogP contribution in [0.15, 0.2) is 66.7 Å². The molecule has 2 aromatic rings. The Morgan fingerprint density at radius 1 is 1.08 bits per heavy atom. The molecule has 1 N–H and O–H groups in total. The normalized spacial score (nSPS) is 13.1. The second-order valence-corrected chi connectivity index (χ2v) is 5.92. The van der Waals surface area contributed by atoms with Crippen LogP contribution in [0.4, 0.5) is 5.69 Å². The second-order valence-electron chi connectivity index (χ2n) is 5.92. The first kappa shape index (κ1) is 19.1. The van der Waals surface area contributed by atoms with Crippen molar-refractivity contribution in [2.75, 3.05) is 11.9 Å². The smallest absolute Gasteiger partial charge is 0.292 e. The topological polar surface area (TPSA) is 89.3 Å². The number of hydrogen-bond acceptors (Lipinski definition) is 4. The third-order valence-electron chi connectivity index (χ3n) is 4.01. The summed E-state index contributed by atoms with van der Waals surface area (Å²) in [6, 6.07) is 17.9. The maximum atomic E-state index is 12.4. The van der Waals surface area contributed by atoms with Gasteiger partial charge in [-0.25, -0.2) is 0 Å². The largest absolute Gasteiger partial charge is 0.319 e. The molecule has 0 aromatic heterocycles. The Morgan fingerprint density at radius 3 is 2.23 bits per heavy atom. The van der Waals surface area contributed by atoms with Gasteiger partial charge in [-0.1, -0.05) is 67.6 Å². The average molecular weight is 352 g/mol. The summed E-state index contributed by atoms with van der Waals surface area (Å²) < 4.78 is 0. The molecule has 26 heavy (non-hydrogen) atoms. The molecule has 2 atom stereocenters. The lowest BCUT2D eigenvalue weighted by molar-refractivity contribution is -0.486. The molecule has 0 saturated heterocycles. The summed E-state index contributed by atoms with van der Waals surface area (Å²) in [6.07, 6.45) is 3.35. The summed E-state index contributed by atoms with van der Waals surface area (Å²) in [6.45, 7) is 1.12. The molecule has 0 spiro atoms. The third-order valence-corrected chi connectivity index (χ3v) is 4.01. The lowest BCUT2D eigenvalue weighted by Crippen LogP contribution is -2.34. The van der Waals surface area contributed by atoms with Crippen LogP contribution in [0.3, 0.4) is 0 Å². The summed E-state index contributed by atoms with van der Waals surface area (Å²) in [5, 5.41) is 13.5. The number of nitrogens with one attached hydrogen (secondary N) is 1. The standard InChI is InChI=1S/C20H20N2O4/c1-15(19(23)20(24)21-18-10-6-3-7-11-18)17(14-22(25)26)13-12-16-8-4-2-5-9-16/h2-13,15,17H,14H2,1H3,(H,21,24)/b13-12+/t15-,17+/m1/s1. The number of anilines is 1. The van der Waals surface area contributed by atoms with Crippen molar-refractivity contribution >= 4 is 23.5 Å². The number of nitro groups is 1. The van der Waals surface area contributed by atoms with Crippen molar-refractivity contribution in [1.82, 2.24) is 0 Å². The predicted octanol–water partition coefficient (Wildman–Crippen LogP) is 3.44. The molecule has 6 heteroatoms.